The second-order valence-corrected chi connectivity index (χ2v) is 6.20. The SMILES string of the molecule is CC1CC2c3c(coc3C1=O)C(O)CC2C(C)C. The summed E-state index contributed by atoms with van der Waals surface area (Å²) in [7, 11) is 0. The molecule has 0 fully saturated rings. The molecule has 1 aromatic rings. The van der Waals surface area contributed by atoms with Gasteiger partial charge >= 0.3 is 0 Å². The lowest BCUT2D eigenvalue weighted by atomic mass is 9.64. The zero-order valence-electron chi connectivity index (χ0n) is 11.1. The quantitative estimate of drug-likeness (QED) is 0.829. The topological polar surface area (TPSA) is 50.4 Å². The van der Waals surface area contributed by atoms with Gasteiger partial charge in [0.25, 0.3) is 0 Å². The van der Waals surface area contributed by atoms with Gasteiger partial charge in [-0.3, -0.25) is 4.79 Å². The van der Waals surface area contributed by atoms with Gasteiger partial charge in [-0.25, -0.2) is 0 Å². The molecule has 2 aliphatic rings. The van der Waals surface area contributed by atoms with E-state index in [1.807, 2.05) is 6.92 Å². The first-order valence-electron chi connectivity index (χ1n) is 6.84. The molecule has 3 heteroatoms. The summed E-state index contributed by atoms with van der Waals surface area (Å²) in [6, 6.07) is 0. The van der Waals surface area contributed by atoms with E-state index in [0.717, 1.165) is 24.0 Å². The number of Topliss-reactive ketones (excluding diaryl/α,β-unsaturated/α-hetero) is 1. The van der Waals surface area contributed by atoms with Crippen molar-refractivity contribution in [2.45, 2.75) is 45.6 Å². The van der Waals surface area contributed by atoms with E-state index in [2.05, 4.69) is 13.8 Å². The Labute approximate surface area is 107 Å². The summed E-state index contributed by atoms with van der Waals surface area (Å²) in [5.41, 5.74) is 1.86. The summed E-state index contributed by atoms with van der Waals surface area (Å²) < 4.78 is 5.46. The van der Waals surface area contributed by atoms with E-state index in [1.54, 1.807) is 6.26 Å². The molecule has 0 saturated heterocycles. The highest BCUT2D eigenvalue weighted by Crippen LogP contribution is 2.52. The molecule has 18 heavy (non-hydrogen) atoms. The van der Waals surface area contributed by atoms with Gasteiger partial charge in [-0.15, -0.1) is 0 Å². The summed E-state index contributed by atoms with van der Waals surface area (Å²) >= 11 is 0. The van der Waals surface area contributed by atoms with E-state index in [9.17, 15) is 9.90 Å². The monoisotopic (exact) mass is 248 g/mol. The van der Waals surface area contributed by atoms with Gasteiger partial charge in [-0.2, -0.15) is 0 Å². The van der Waals surface area contributed by atoms with Crippen molar-refractivity contribution in [2.24, 2.45) is 17.8 Å². The van der Waals surface area contributed by atoms with Gasteiger partial charge in [0, 0.05) is 17.0 Å². The third-order valence-corrected chi connectivity index (χ3v) is 4.74. The lowest BCUT2D eigenvalue weighted by Crippen LogP contribution is -2.33. The van der Waals surface area contributed by atoms with Gasteiger partial charge in [0.2, 0.25) is 5.78 Å². The fourth-order valence-corrected chi connectivity index (χ4v) is 3.72. The van der Waals surface area contributed by atoms with Crippen LogP contribution >= 0.6 is 0 Å². The van der Waals surface area contributed by atoms with Crippen molar-refractivity contribution >= 4 is 5.78 Å². The average molecular weight is 248 g/mol. The van der Waals surface area contributed by atoms with Crippen molar-refractivity contribution < 1.29 is 14.3 Å². The first-order chi connectivity index (χ1) is 8.50. The largest absolute Gasteiger partial charge is 0.461 e. The van der Waals surface area contributed by atoms with E-state index in [4.69, 9.17) is 4.42 Å². The molecule has 0 amide bonds. The number of ketones is 1. The Morgan fingerprint density at radius 1 is 1.39 bits per heavy atom. The maximum absolute atomic E-state index is 12.1. The van der Waals surface area contributed by atoms with Crippen LogP contribution in [-0.2, 0) is 0 Å². The molecule has 0 aromatic carbocycles. The zero-order chi connectivity index (χ0) is 13.0. The number of carbonyl (C=O) groups is 1. The van der Waals surface area contributed by atoms with Gasteiger partial charge in [0.1, 0.15) is 0 Å². The van der Waals surface area contributed by atoms with Gasteiger partial charge in [-0.05, 0) is 30.6 Å². The molecule has 3 nitrogen and oxygen atoms in total. The van der Waals surface area contributed by atoms with Crippen LogP contribution in [0.15, 0.2) is 10.7 Å². The molecule has 0 radical (unpaired) electrons. The Morgan fingerprint density at radius 3 is 2.78 bits per heavy atom. The van der Waals surface area contributed by atoms with Crippen LogP contribution < -0.4 is 0 Å². The minimum Gasteiger partial charge on any atom is -0.461 e. The molecule has 0 aliphatic heterocycles. The Bertz CT molecular complexity index is 486. The molecule has 1 aromatic heterocycles. The first kappa shape index (κ1) is 12.0. The van der Waals surface area contributed by atoms with Crippen molar-refractivity contribution in [3.8, 4) is 0 Å². The number of aliphatic hydroxyl groups excluding tert-OH is 1. The van der Waals surface area contributed by atoms with E-state index in [-0.39, 0.29) is 11.7 Å². The summed E-state index contributed by atoms with van der Waals surface area (Å²) in [5.74, 6) is 1.99. The second kappa shape index (κ2) is 3.95. The lowest BCUT2D eigenvalue weighted by Gasteiger charge is -2.40. The van der Waals surface area contributed by atoms with Crippen molar-refractivity contribution in [2.75, 3.05) is 0 Å². The first-order valence-corrected chi connectivity index (χ1v) is 6.84. The van der Waals surface area contributed by atoms with Crippen molar-refractivity contribution in [3.05, 3.63) is 23.2 Å². The fourth-order valence-electron chi connectivity index (χ4n) is 3.72. The minimum absolute atomic E-state index is 0.0398. The van der Waals surface area contributed by atoms with Crippen LogP contribution in [0.1, 0.15) is 67.3 Å². The highest BCUT2D eigenvalue weighted by atomic mass is 16.3. The Hall–Kier alpha value is -1.09. The molecule has 0 bridgehead atoms. The van der Waals surface area contributed by atoms with E-state index >= 15 is 0 Å². The molecule has 98 valence electrons. The summed E-state index contributed by atoms with van der Waals surface area (Å²) in [6.07, 6.45) is 2.81. The molecule has 0 saturated carbocycles. The number of hydrogen-bond acceptors (Lipinski definition) is 3. The Balaban J connectivity index is 2.14. The Kier molecular flexibility index (Phi) is 2.63. The van der Waals surface area contributed by atoms with E-state index in [1.165, 1.54) is 0 Å². The summed E-state index contributed by atoms with van der Waals surface area (Å²) in [6.45, 7) is 6.38. The van der Waals surface area contributed by atoms with Gasteiger partial charge in [0.05, 0.1) is 12.4 Å². The van der Waals surface area contributed by atoms with Gasteiger partial charge in [-0.1, -0.05) is 20.8 Å². The maximum Gasteiger partial charge on any atom is 0.201 e. The van der Waals surface area contributed by atoms with Crippen LogP contribution in [0, 0.1) is 17.8 Å². The highest BCUT2D eigenvalue weighted by Gasteiger charge is 2.45. The summed E-state index contributed by atoms with van der Waals surface area (Å²) in [5, 5.41) is 10.2. The molecule has 1 heterocycles. The zero-order valence-corrected chi connectivity index (χ0v) is 11.1. The predicted octanol–water partition coefficient (Wildman–Crippen LogP) is 3.30. The van der Waals surface area contributed by atoms with Gasteiger partial charge < -0.3 is 9.52 Å². The molecule has 4 atom stereocenters. The minimum atomic E-state index is -0.470. The second-order valence-electron chi connectivity index (χ2n) is 6.20. The lowest BCUT2D eigenvalue weighted by molar-refractivity contribution is 0.0773. The molecule has 3 rings (SSSR count). The van der Waals surface area contributed by atoms with Crippen LogP contribution in [-0.4, -0.2) is 10.9 Å². The molecule has 1 N–H and O–H groups in total. The average Bonchev–Trinajstić information content (AvgIpc) is 2.75. The normalized spacial score (nSPS) is 34.8. The van der Waals surface area contributed by atoms with Gasteiger partial charge in [0.15, 0.2) is 5.76 Å². The molecule has 0 spiro atoms. The Morgan fingerprint density at radius 2 is 2.11 bits per heavy atom. The van der Waals surface area contributed by atoms with Crippen LogP contribution in [0.25, 0.3) is 0 Å². The highest BCUT2D eigenvalue weighted by molar-refractivity contribution is 5.98. The van der Waals surface area contributed by atoms with Crippen LogP contribution in [0.2, 0.25) is 0 Å². The van der Waals surface area contributed by atoms with Crippen molar-refractivity contribution in [3.63, 3.8) is 0 Å². The third-order valence-electron chi connectivity index (χ3n) is 4.74. The standard InChI is InChI=1S/C15H20O3/c1-7(2)9-5-12(16)11-6-18-15-13(11)10(9)4-8(3)14(15)17/h6-10,12,16H,4-5H2,1-3H3. The third kappa shape index (κ3) is 1.50. The van der Waals surface area contributed by atoms with Crippen LogP contribution in [0.3, 0.4) is 0 Å². The van der Waals surface area contributed by atoms with E-state index in [0.29, 0.717) is 23.5 Å². The number of aliphatic hydroxyl groups is 1. The molecular weight excluding hydrogens is 228 g/mol. The number of furan rings is 1. The van der Waals surface area contributed by atoms with E-state index < -0.39 is 6.10 Å². The van der Waals surface area contributed by atoms with Crippen molar-refractivity contribution in [1.29, 1.82) is 0 Å². The summed E-state index contributed by atoms with van der Waals surface area (Å²) in [4.78, 5) is 12.1. The molecule has 4 unspecified atom stereocenters. The molecule has 2 aliphatic carbocycles. The molecular formula is C15H20O3. The van der Waals surface area contributed by atoms with Crippen LogP contribution in [0.4, 0.5) is 0 Å². The maximum atomic E-state index is 12.1. The number of rotatable bonds is 1. The number of hydrogen-bond donors (Lipinski definition) is 1. The number of carbonyl (C=O) groups excluding carboxylic acids is 1. The fraction of sp³-hybridized carbons (Fsp3) is 0.667. The predicted molar refractivity (Wildman–Crippen MR) is 67.5 cm³/mol. The van der Waals surface area contributed by atoms with Crippen molar-refractivity contribution in [1.82, 2.24) is 0 Å². The smallest absolute Gasteiger partial charge is 0.201 e. The van der Waals surface area contributed by atoms with Crippen LogP contribution in [0.5, 0.6) is 0 Å².